The van der Waals surface area contributed by atoms with Gasteiger partial charge < -0.3 is 9.47 Å². The first-order valence-electron chi connectivity index (χ1n) is 8.84. The lowest BCUT2D eigenvalue weighted by Gasteiger charge is -2.19. The first-order valence-corrected chi connectivity index (χ1v) is 10.3. The molecule has 0 heterocycles. The van der Waals surface area contributed by atoms with Gasteiger partial charge in [-0.2, -0.15) is 4.31 Å². The minimum absolute atomic E-state index is 0.0251. The maximum atomic E-state index is 13.5. The highest BCUT2D eigenvalue weighted by Gasteiger charge is 2.24. The van der Waals surface area contributed by atoms with Crippen molar-refractivity contribution in [1.29, 1.82) is 0 Å². The molecule has 0 fully saturated rings. The number of hydrogen-bond acceptors (Lipinski definition) is 5. The van der Waals surface area contributed by atoms with Crippen molar-refractivity contribution >= 4 is 16.0 Å². The first kappa shape index (κ1) is 21.8. The average molecular weight is 409 g/mol. The van der Waals surface area contributed by atoms with Gasteiger partial charge >= 0.3 is 5.97 Å². The molecule has 6 nitrogen and oxygen atoms in total. The summed E-state index contributed by atoms with van der Waals surface area (Å²) < 4.78 is 50.6. The molecule has 0 radical (unpaired) electrons. The Labute approximate surface area is 164 Å². The van der Waals surface area contributed by atoms with Crippen molar-refractivity contribution in [3.63, 3.8) is 0 Å². The number of nitrogens with zero attached hydrogens (tertiary/aromatic N) is 1. The molecule has 0 aliphatic heterocycles. The zero-order valence-electron chi connectivity index (χ0n) is 16.4. The van der Waals surface area contributed by atoms with Crippen molar-refractivity contribution in [3.8, 4) is 5.75 Å². The Morgan fingerprint density at radius 3 is 2.39 bits per heavy atom. The van der Waals surface area contributed by atoms with Gasteiger partial charge in [0.2, 0.25) is 10.0 Å². The van der Waals surface area contributed by atoms with E-state index in [0.29, 0.717) is 30.0 Å². The van der Waals surface area contributed by atoms with E-state index in [-0.39, 0.29) is 17.1 Å². The third-order valence-electron chi connectivity index (χ3n) is 4.37. The van der Waals surface area contributed by atoms with Gasteiger partial charge in [0.25, 0.3) is 0 Å². The molecular weight excluding hydrogens is 385 g/mol. The van der Waals surface area contributed by atoms with E-state index >= 15 is 0 Å². The van der Waals surface area contributed by atoms with Crippen molar-refractivity contribution in [1.82, 2.24) is 4.31 Å². The number of carbonyl (C=O) groups excluding carboxylic acids is 1. The Bertz CT molecular complexity index is 955. The zero-order valence-corrected chi connectivity index (χ0v) is 17.2. The lowest BCUT2D eigenvalue weighted by atomic mass is 10.1. The van der Waals surface area contributed by atoms with Crippen LogP contribution in [-0.2, 0) is 21.4 Å². The predicted molar refractivity (Wildman–Crippen MR) is 103 cm³/mol. The van der Waals surface area contributed by atoms with Gasteiger partial charge in [-0.05, 0) is 42.8 Å². The minimum Gasteiger partial charge on any atom is -0.496 e. The van der Waals surface area contributed by atoms with Gasteiger partial charge in [0.05, 0.1) is 17.6 Å². The molecule has 0 N–H and O–H groups in total. The number of hydrogen-bond donors (Lipinski definition) is 0. The summed E-state index contributed by atoms with van der Waals surface area (Å²) in [6.07, 6.45) is 0. The van der Waals surface area contributed by atoms with Crippen LogP contribution in [-0.4, -0.2) is 38.9 Å². The fraction of sp³-hybridized carbons (Fsp3) is 0.350. The third kappa shape index (κ3) is 4.69. The second-order valence-corrected chi connectivity index (χ2v) is 8.04. The van der Waals surface area contributed by atoms with Crippen LogP contribution < -0.4 is 4.74 Å². The number of halogens is 1. The second-order valence-electron chi connectivity index (χ2n) is 6.10. The summed E-state index contributed by atoms with van der Waals surface area (Å²) in [5, 5.41) is 0. The van der Waals surface area contributed by atoms with Gasteiger partial charge in [0.1, 0.15) is 18.2 Å². The molecule has 0 spiro atoms. The molecule has 0 saturated carbocycles. The quantitative estimate of drug-likeness (QED) is 0.624. The fourth-order valence-electron chi connectivity index (χ4n) is 2.78. The lowest BCUT2D eigenvalue weighted by molar-refractivity contribution is 0.0468. The molecule has 0 unspecified atom stereocenters. The lowest BCUT2D eigenvalue weighted by Crippen LogP contribution is -2.30. The molecule has 0 aromatic heterocycles. The zero-order chi connectivity index (χ0) is 20.9. The number of rotatable bonds is 8. The molecule has 28 heavy (non-hydrogen) atoms. The Hall–Kier alpha value is -2.45. The van der Waals surface area contributed by atoms with E-state index in [4.69, 9.17) is 9.47 Å². The van der Waals surface area contributed by atoms with Gasteiger partial charge in [-0.15, -0.1) is 0 Å². The molecule has 8 heteroatoms. The monoisotopic (exact) mass is 409 g/mol. The van der Waals surface area contributed by atoms with Crippen LogP contribution in [0.3, 0.4) is 0 Å². The van der Waals surface area contributed by atoms with Crippen LogP contribution >= 0.6 is 0 Å². The van der Waals surface area contributed by atoms with E-state index < -0.39 is 21.8 Å². The Kier molecular flexibility index (Phi) is 7.15. The smallest absolute Gasteiger partial charge is 0.338 e. The number of carbonyl (C=O) groups is 1. The molecule has 0 saturated heterocycles. The average Bonchev–Trinajstić information content (AvgIpc) is 2.67. The number of aryl methyl sites for hydroxylation is 1. The van der Waals surface area contributed by atoms with Gasteiger partial charge in [-0.1, -0.05) is 19.9 Å². The van der Waals surface area contributed by atoms with Crippen LogP contribution in [0.15, 0.2) is 41.3 Å². The number of ether oxygens (including phenoxy) is 2. The summed E-state index contributed by atoms with van der Waals surface area (Å²) in [6, 6.07) is 8.26. The molecule has 2 rings (SSSR count). The molecule has 0 aliphatic carbocycles. The summed E-state index contributed by atoms with van der Waals surface area (Å²) in [6.45, 7) is 5.63. The molecule has 0 bridgehead atoms. The van der Waals surface area contributed by atoms with E-state index in [1.54, 1.807) is 26.8 Å². The normalized spacial score (nSPS) is 11.5. The molecule has 152 valence electrons. The van der Waals surface area contributed by atoms with Crippen LogP contribution in [0.2, 0.25) is 0 Å². The molecular formula is C20H24FNO5S. The van der Waals surface area contributed by atoms with E-state index in [1.165, 1.54) is 41.7 Å². The van der Waals surface area contributed by atoms with Gasteiger partial charge in [-0.3, -0.25) is 0 Å². The van der Waals surface area contributed by atoms with E-state index in [2.05, 4.69) is 0 Å². The highest BCUT2D eigenvalue weighted by Crippen LogP contribution is 2.23. The van der Waals surface area contributed by atoms with Crippen molar-refractivity contribution in [3.05, 3.63) is 58.9 Å². The maximum absolute atomic E-state index is 13.5. The second kappa shape index (κ2) is 9.16. The largest absolute Gasteiger partial charge is 0.496 e. The number of esters is 1. The number of methoxy groups -OCH3 is 1. The highest BCUT2D eigenvalue weighted by molar-refractivity contribution is 7.89. The minimum atomic E-state index is -3.70. The standard InChI is InChI=1S/C20H24FNO5S/c1-5-22(6-2)28(24,25)17-9-7-14(3)18(12-17)20(23)27-13-15-11-16(21)8-10-19(15)26-4/h7-12H,5-6,13H2,1-4H3. The number of benzene rings is 2. The molecule has 0 atom stereocenters. The Balaban J connectivity index is 2.28. The van der Waals surface area contributed by atoms with Crippen molar-refractivity contribution in [2.24, 2.45) is 0 Å². The molecule has 0 aliphatic rings. The topological polar surface area (TPSA) is 72.9 Å². The fourth-order valence-corrected chi connectivity index (χ4v) is 4.26. The molecule has 0 amide bonds. The number of sulfonamides is 1. The van der Waals surface area contributed by atoms with E-state index in [9.17, 15) is 17.6 Å². The Morgan fingerprint density at radius 2 is 1.79 bits per heavy atom. The summed E-state index contributed by atoms with van der Waals surface area (Å²) in [7, 11) is -2.27. The van der Waals surface area contributed by atoms with Gasteiger partial charge in [0, 0.05) is 18.7 Å². The van der Waals surface area contributed by atoms with Crippen LogP contribution in [0.5, 0.6) is 5.75 Å². The van der Waals surface area contributed by atoms with E-state index in [0.717, 1.165) is 0 Å². The molecule has 2 aromatic rings. The maximum Gasteiger partial charge on any atom is 0.338 e. The SMILES string of the molecule is CCN(CC)S(=O)(=O)c1ccc(C)c(C(=O)OCc2cc(F)ccc2OC)c1. The predicted octanol–water partition coefficient (Wildman–Crippen LogP) is 3.53. The summed E-state index contributed by atoms with van der Waals surface area (Å²) in [5.74, 6) is -0.778. The van der Waals surface area contributed by atoms with Crippen LogP contribution in [0.1, 0.15) is 35.3 Å². The Morgan fingerprint density at radius 1 is 1.11 bits per heavy atom. The summed E-state index contributed by atoms with van der Waals surface area (Å²) in [4.78, 5) is 12.6. The van der Waals surface area contributed by atoms with Crippen molar-refractivity contribution < 1.29 is 27.1 Å². The summed E-state index contributed by atoms with van der Waals surface area (Å²) >= 11 is 0. The summed E-state index contributed by atoms with van der Waals surface area (Å²) in [5.41, 5.74) is 1.10. The molecule has 2 aromatic carbocycles. The highest BCUT2D eigenvalue weighted by atomic mass is 32.2. The van der Waals surface area contributed by atoms with Crippen LogP contribution in [0, 0.1) is 12.7 Å². The van der Waals surface area contributed by atoms with Gasteiger partial charge in [-0.25, -0.2) is 17.6 Å². The third-order valence-corrected chi connectivity index (χ3v) is 6.42. The van der Waals surface area contributed by atoms with E-state index in [1.807, 2.05) is 0 Å². The first-order chi connectivity index (χ1) is 13.2. The van der Waals surface area contributed by atoms with Crippen LogP contribution in [0.4, 0.5) is 4.39 Å². The van der Waals surface area contributed by atoms with Crippen molar-refractivity contribution in [2.75, 3.05) is 20.2 Å². The van der Waals surface area contributed by atoms with Crippen molar-refractivity contribution in [2.45, 2.75) is 32.3 Å². The van der Waals surface area contributed by atoms with Gasteiger partial charge in [0.15, 0.2) is 0 Å². The van der Waals surface area contributed by atoms with Crippen LogP contribution in [0.25, 0.3) is 0 Å².